The van der Waals surface area contributed by atoms with Gasteiger partial charge in [0.15, 0.2) is 11.6 Å². The van der Waals surface area contributed by atoms with Gasteiger partial charge in [0.25, 0.3) is 0 Å². The Labute approximate surface area is 156 Å². The number of hydrogen-bond donors (Lipinski definition) is 2. The summed E-state index contributed by atoms with van der Waals surface area (Å²) in [5.41, 5.74) is 0.487. The molecule has 1 saturated heterocycles. The van der Waals surface area contributed by atoms with Crippen LogP contribution in [0.1, 0.15) is 37.7 Å². The summed E-state index contributed by atoms with van der Waals surface area (Å²) in [5.74, 6) is -3.33. The molecule has 5 nitrogen and oxygen atoms in total. The third kappa shape index (κ3) is 5.06. The second-order valence-electron chi connectivity index (χ2n) is 7.24. The Hall–Kier alpha value is -1.96. The summed E-state index contributed by atoms with van der Waals surface area (Å²) in [6.45, 7) is 0.986. The maximum atomic E-state index is 14.4. The molecule has 27 heavy (non-hydrogen) atoms. The molecular formula is C19H25F3N2O3. The smallest absolute Gasteiger partial charge is 0.248 e. The molecule has 1 aliphatic heterocycles. The van der Waals surface area contributed by atoms with Gasteiger partial charge in [-0.15, -0.1) is 0 Å². The van der Waals surface area contributed by atoms with Gasteiger partial charge in [-0.25, -0.2) is 13.2 Å². The molecule has 0 bridgehead atoms. The van der Waals surface area contributed by atoms with E-state index in [2.05, 4.69) is 10.6 Å². The first-order valence-corrected chi connectivity index (χ1v) is 9.26. The standard InChI is InChI=1S/C19H25F3N2O3/c1-26-16-8-17(27-11-12-4-5-19(21,22)9-12)14(20)7-13(16)10-24-18(25)15-3-2-6-23-15/h7-8,12,15,23H,2-6,9-11H2,1H3,(H,24,25)/t12?,15-/m0/s1. The number of carbonyl (C=O) groups is 1. The molecule has 2 aliphatic rings. The van der Waals surface area contributed by atoms with Crippen molar-refractivity contribution >= 4 is 5.91 Å². The number of rotatable bonds is 7. The highest BCUT2D eigenvalue weighted by Crippen LogP contribution is 2.39. The lowest BCUT2D eigenvalue weighted by Gasteiger charge is -2.16. The molecule has 1 aliphatic carbocycles. The van der Waals surface area contributed by atoms with E-state index in [1.54, 1.807) is 0 Å². The molecule has 150 valence electrons. The molecule has 2 fully saturated rings. The second-order valence-corrected chi connectivity index (χ2v) is 7.24. The van der Waals surface area contributed by atoms with Crippen molar-refractivity contribution in [2.24, 2.45) is 5.92 Å². The van der Waals surface area contributed by atoms with Gasteiger partial charge >= 0.3 is 0 Å². The molecular weight excluding hydrogens is 361 g/mol. The molecule has 3 rings (SSSR count). The number of amides is 1. The van der Waals surface area contributed by atoms with E-state index in [0.717, 1.165) is 19.4 Å². The van der Waals surface area contributed by atoms with E-state index in [9.17, 15) is 18.0 Å². The zero-order valence-electron chi connectivity index (χ0n) is 15.3. The third-order valence-corrected chi connectivity index (χ3v) is 5.15. The predicted molar refractivity (Wildman–Crippen MR) is 93.6 cm³/mol. The highest BCUT2D eigenvalue weighted by Gasteiger charge is 2.39. The van der Waals surface area contributed by atoms with Gasteiger partial charge in [-0.05, 0) is 37.8 Å². The van der Waals surface area contributed by atoms with Crippen LogP contribution < -0.4 is 20.1 Å². The molecule has 1 aromatic rings. The SMILES string of the molecule is COc1cc(OCC2CCC(F)(F)C2)c(F)cc1CNC(=O)[C@@H]1CCCN1. The van der Waals surface area contributed by atoms with Crippen molar-refractivity contribution in [2.45, 2.75) is 50.6 Å². The van der Waals surface area contributed by atoms with Gasteiger partial charge in [-0.2, -0.15) is 0 Å². The van der Waals surface area contributed by atoms with Gasteiger partial charge in [0.05, 0.1) is 19.8 Å². The van der Waals surface area contributed by atoms with Crippen molar-refractivity contribution < 1.29 is 27.4 Å². The van der Waals surface area contributed by atoms with Crippen molar-refractivity contribution in [1.82, 2.24) is 10.6 Å². The maximum Gasteiger partial charge on any atom is 0.248 e. The number of carbonyl (C=O) groups excluding carboxylic acids is 1. The Kier molecular flexibility index (Phi) is 6.14. The van der Waals surface area contributed by atoms with E-state index in [1.165, 1.54) is 19.2 Å². The van der Waals surface area contributed by atoms with Crippen molar-refractivity contribution in [3.05, 3.63) is 23.5 Å². The Morgan fingerprint density at radius 1 is 1.33 bits per heavy atom. The number of hydrogen-bond acceptors (Lipinski definition) is 4. The van der Waals surface area contributed by atoms with Crippen LogP contribution in [0.3, 0.4) is 0 Å². The molecule has 0 aromatic heterocycles. The van der Waals surface area contributed by atoms with Crippen LogP contribution in [0.25, 0.3) is 0 Å². The Balaban J connectivity index is 1.59. The zero-order chi connectivity index (χ0) is 19.4. The highest BCUT2D eigenvalue weighted by atomic mass is 19.3. The van der Waals surface area contributed by atoms with Crippen LogP contribution >= 0.6 is 0 Å². The van der Waals surface area contributed by atoms with E-state index in [-0.39, 0.29) is 49.6 Å². The number of benzene rings is 1. The lowest BCUT2D eigenvalue weighted by atomic mass is 10.1. The van der Waals surface area contributed by atoms with Gasteiger partial charge in [-0.3, -0.25) is 4.79 Å². The molecule has 0 radical (unpaired) electrons. The largest absolute Gasteiger partial charge is 0.496 e. The minimum atomic E-state index is -2.65. The molecule has 8 heteroatoms. The van der Waals surface area contributed by atoms with E-state index in [4.69, 9.17) is 9.47 Å². The zero-order valence-corrected chi connectivity index (χ0v) is 15.3. The molecule has 1 heterocycles. The summed E-state index contributed by atoms with van der Waals surface area (Å²) in [4.78, 5) is 12.1. The normalized spacial score (nSPS) is 24.0. The summed E-state index contributed by atoms with van der Waals surface area (Å²) in [7, 11) is 1.44. The first-order valence-electron chi connectivity index (χ1n) is 9.26. The number of halogens is 3. The molecule has 2 N–H and O–H groups in total. The van der Waals surface area contributed by atoms with Gasteiger partial charge in [-0.1, -0.05) is 0 Å². The van der Waals surface area contributed by atoms with E-state index in [0.29, 0.717) is 17.7 Å². The number of nitrogens with one attached hydrogen (secondary N) is 2. The third-order valence-electron chi connectivity index (χ3n) is 5.15. The minimum Gasteiger partial charge on any atom is -0.496 e. The molecule has 2 atom stereocenters. The van der Waals surface area contributed by atoms with Gasteiger partial charge in [0.1, 0.15) is 5.75 Å². The Bertz CT molecular complexity index is 678. The molecule has 1 unspecified atom stereocenters. The van der Waals surface area contributed by atoms with E-state index < -0.39 is 11.7 Å². The Morgan fingerprint density at radius 2 is 2.15 bits per heavy atom. The molecule has 1 amide bonds. The quantitative estimate of drug-likeness (QED) is 0.756. The van der Waals surface area contributed by atoms with E-state index in [1.807, 2.05) is 0 Å². The predicted octanol–water partition coefficient (Wildman–Crippen LogP) is 3.02. The number of methoxy groups -OCH3 is 1. The van der Waals surface area contributed by atoms with Gasteiger partial charge in [0.2, 0.25) is 11.8 Å². The summed E-state index contributed by atoms with van der Waals surface area (Å²) in [6.07, 6.45) is 1.72. The van der Waals surface area contributed by atoms with Crippen LogP contribution in [-0.2, 0) is 11.3 Å². The molecule has 1 aromatic carbocycles. The second kappa shape index (κ2) is 8.37. The van der Waals surface area contributed by atoms with Crippen LogP contribution in [0.5, 0.6) is 11.5 Å². The summed E-state index contributed by atoms with van der Waals surface area (Å²) in [5, 5.41) is 5.88. The fraction of sp³-hybridized carbons (Fsp3) is 0.632. The van der Waals surface area contributed by atoms with Crippen molar-refractivity contribution in [1.29, 1.82) is 0 Å². The van der Waals surface area contributed by atoms with Crippen LogP contribution in [0.2, 0.25) is 0 Å². The highest BCUT2D eigenvalue weighted by molar-refractivity contribution is 5.82. The summed E-state index contributed by atoms with van der Waals surface area (Å²) < 4.78 is 51.6. The average molecular weight is 386 g/mol. The minimum absolute atomic E-state index is 0.0328. The van der Waals surface area contributed by atoms with Crippen LogP contribution in [-0.4, -0.2) is 38.1 Å². The lowest BCUT2D eigenvalue weighted by Crippen LogP contribution is -2.40. The number of ether oxygens (including phenoxy) is 2. The van der Waals surface area contributed by atoms with Crippen molar-refractivity contribution in [2.75, 3.05) is 20.3 Å². The maximum absolute atomic E-state index is 14.4. The first-order chi connectivity index (χ1) is 12.9. The first kappa shape index (κ1) is 19.8. The summed E-state index contributed by atoms with van der Waals surface area (Å²) in [6, 6.07) is 2.44. The Morgan fingerprint density at radius 3 is 2.78 bits per heavy atom. The van der Waals surface area contributed by atoms with Gasteiger partial charge < -0.3 is 20.1 Å². The topological polar surface area (TPSA) is 59.6 Å². The van der Waals surface area contributed by atoms with Crippen LogP contribution in [0.15, 0.2) is 12.1 Å². The van der Waals surface area contributed by atoms with E-state index >= 15 is 0 Å². The van der Waals surface area contributed by atoms with Crippen LogP contribution in [0.4, 0.5) is 13.2 Å². The average Bonchev–Trinajstić information content (AvgIpc) is 3.28. The van der Waals surface area contributed by atoms with Crippen molar-refractivity contribution in [3.63, 3.8) is 0 Å². The number of alkyl halides is 2. The van der Waals surface area contributed by atoms with Crippen molar-refractivity contribution in [3.8, 4) is 11.5 Å². The fourth-order valence-electron chi connectivity index (χ4n) is 3.62. The van der Waals surface area contributed by atoms with Crippen LogP contribution in [0, 0.1) is 11.7 Å². The van der Waals surface area contributed by atoms with Gasteiger partial charge in [0, 0.05) is 31.0 Å². The lowest BCUT2D eigenvalue weighted by molar-refractivity contribution is -0.122. The fourth-order valence-corrected chi connectivity index (χ4v) is 3.62. The molecule has 1 saturated carbocycles. The molecule has 0 spiro atoms. The monoisotopic (exact) mass is 386 g/mol. The summed E-state index contributed by atoms with van der Waals surface area (Å²) >= 11 is 0.